The number of hydrogen-bond donors (Lipinski definition) is 1. The highest BCUT2D eigenvalue weighted by Crippen LogP contribution is 2.47. The van der Waals surface area contributed by atoms with Gasteiger partial charge >= 0.3 is 0 Å². The number of phenolic OH excluding ortho intramolecular Hbond substituents is 1. The summed E-state index contributed by atoms with van der Waals surface area (Å²) < 4.78 is 33.9. The van der Waals surface area contributed by atoms with E-state index in [1.165, 1.54) is 47.4 Å². The number of aromatic nitrogens is 3. The molecule has 1 atom stereocenters. The van der Waals surface area contributed by atoms with Gasteiger partial charge in [0, 0.05) is 31.1 Å². The lowest BCUT2D eigenvalue weighted by Crippen LogP contribution is -2.63. The number of fused-ring (bicyclic) bond motifs is 5. The van der Waals surface area contributed by atoms with Gasteiger partial charge in [0.15, 0.2) is 5.82 Å². The topological polar surface area (TPSA) is 112 Å². The van der Waals surface area contributed by atoms with Gasteiger partial charge in [-0.2, -0.15) is 0 Å². The number of benzene rings is 2. The number of likely N-dealkylation sites (N-methyl/N-ethyl adjacent to an activating group) is 1. The number of halogens is 3. The van der Waals surface area contributed by atoms with Crippen LogP contribution in [0.25, 0.3) is 27.7 Å². The number of anilines is 2. The maximum atomic E-state index is 17.4. The minimum atomic E-state index is -1.06. The second-order valence-corrected chi connectivity index (χ2v) is 12.7. The molecule has 1 N–H and O–H groups in total. The average molecular weight is 663 g/mol. The molecular weight excluding hydrogens is 630 g/mol. The smallest absolute Gasteiger partial charge is 0.281 e. The lowest BCUT2D eigenvalue weighted by atomic mass is 9.95. The fourth-order valence-electron chi connectivity index (χ4n) is 6.65. The molecule has 244 valence electrons. The summed E-state index contributed by atoms with van der Waals surface area (Å²) in [5, 5.41) is 10.6. The van der Waals surface area contributed by atoms with Crippen LogP contribution in [0.15, 0.2) is 48.0 Å². The van der Waals surface area contributed by atoms with E-state index in [0.29, 0.717) is 11.4 Å². The van der Waals surface area contributed by atoms with Crippen LogP contribution in [0.5, 0.6) is 5.75 Å². The van der Waals surface area contributed by atoms with Crippen LogP contribution in [0.2, 0.25) is 5.02 Å². The Morgan fingerprint density at radius 2 is 1.70 bits per heavy atom. The van der Waals surface area contributed by atoms with Gasteiger partial charge in [-0.25, -0.2) is 18.7 Å². The Labute approximate surface area is 274 Å². The van der Waals surface area contributed by atoms with Gasteiger partial charge in [-0.15, -0.1) is 0 Å². The molecule has 13 heteroatoms. The third-order valence-corrected chi connectivity index (χ3v) is 9.14. The van der Waals surface area contributed by atoms with Crippen LogP contribution in [0, 0.1) is 11.6 Å². The van der Waals surface area contributed by atoms with Gasteiger partial charge in [0.05, 0.1) is 45.4 Å². The molecule has 0 unspecified atom stereocenters. The number of carbonyl (C=O) groups is 2. The highest BCUT2D eigenvalue weighted by molar-refractivity contribution is 6.35. The Morgan fingerprint density at radius 3 is 2.30 bits per heavy atom. The largest absolute Gasteiger partial charge is 0.507 e. The van der Waals surface area contributed by atoms with Crippen molar-refractivity contribution in [2.45, 2.75) is 45.6 Å². The van der Waals surface area contributed by atoms with Gasteiger partial charge in [0.25, 0.3) is 11.5 Å². The molecule has 1 saturated heterocycles. The van der Waals surface area contributed by atoms with E-state index in [9.17, 15) is 19.5 Å². The van der Waals surface area contributed by atoms with E-state index in [1.54, 1.807) is 4.90 Å². The molecule has 0 bridgehead atoms. The highest BCUT2D eigenvalue weighted by Gasteiger charge is 2.44. The normalized spacial score (nSPS) is 16.3. The Morgan fingerprint density at radius 1 is 1.04 bits per heavy atom. The first kappa shape index (κ1) is 32.1. The van der Waals surface area contributed by atoms with Gasteiger partial charge in [0.1, 0.15) is 29.6 Å². The van der Waals surface area contributed by atoms with Gasteiger partial charge in [0.2, 0.25) is 5.91 Å². The predicted octanol–water partition coefficient (Wildman–Crippen LogP) is 5.51. The summed E-state index contributed by atoms with van der Waals surface area (Å²) in [6.07, 6.45) is 2.56. The third-order valence-electron chi connectivity index (χ3n) is 8.84. The molecule has 10 nitrogen and oxygen atoms in total. The molecule has 2 aliphatic heterocycles. The summed E-state index contributed by atoms with van der Waals surface area (Å²) in [7, 11) is 1.46. The van der Waals surface area contributed by atoms with Crippen molar-refractivity contribution in [1.29, 1.82) is 0 Å². The van der Waals surface area contributed by atoms with Gasteiger partial charge in [-0.05, 0) is 36.1 Å². The Kier molecular flexibility index (Phi) is 8.03. The molecule has 4 heterocycles. The van der Waals surface area contributed by atoms with Crippen LogP contribution in [0.4, 0.5) is 20.2 Å². The van der Waals surface area contributed by atoms with Gasteiger partial charge < -0.3 is 19.8 Å². The summed E-state index contributed by atoms with van der Waals surface area (Å²) >= 11 is 6.76. The zero-order valence-electron chi connectivity index (χ0n) is 26.5. The van der Waals surface area contributed by atoms with Gasteiger partial charge in [-0.1, -0.05) is 51.9 Å². The van der Waals surface area contributed by atoms with Gasteiger partial charge in [-0.3, -0.25) is 19.0 Å². The fourth-order valence-corrected chi connectivity index (χ4v) is 6.93. The number of piperazine rings is 1. The zero-order valence-corrected chi connectivity index (χ0v) is 27.3. The molecule has 0 radical (unpaired) electrons. The van der Waals surface area contributed by atoms with E-state index in [1.807, 2.05) is 27.7 Å². The first-order chi connectivity index (χ1) is 22.3. The number of aromatic hydroxyl groups is 1. The van der Waals surface area contributed by atoms with Crippen molar-refractivity contribution in [3.05, 3.63) is 81.6 Å². The summed E-state index contributed by atoms with van der Waals surface area (Å²) in [4.78, 5) is 54.7. The number of hydrogen-bond acceptors (Lipinski definition) is 7. The van der Waals surface area contributed by atoms with Crippen LogP contribution >= 0.6 is 11.6 Å². The van der Waals surface area contributed by atoms with E-state index in [4.69, 9.17) is 11.6 Å². The highest BCUT2D eigenvalue weighted by atomic mass is 35.5. The van der Waals surface area contributed by atoms with Crippen LogP contribution in [0.1, 0.15) is 50.9 Å². The zero-order chi connectivity index (χ0) is 34.1. The molecular formula is C34H33ClF2N6O4. The van der Waals surface area contributed by atoms with E-state index in [2.05, 4.69) is 16.5 Å². The van der Waals surface area contributed by atoms with Crippen LogP contribution < -0.4 is 15.4 Å². The summed E-state index contributed by atoms with van der Waals surface area (Å²) in [6.45, 7) is 11.4. The molecule has 0 aliphatic carbocycles. The molecule has 6 rings (SSSR count). The maximum Gasteiger partial charge on any atom is 0.281 e. The van der Waals surface area contributed by atoms with Crippen molar-refractivity contribution in [1.82, 2.24) is 19.4 Å². The minimum Gasteiger partial charge on any atom is -0.507 e. The first-order valence-corrected chi connectivity index (χ1v) is 15.6. The molecule has 2 amide bonds. The number of phenols is 1. The van der Waals surface area contributed by atoms with Crippen molar-refractivity contribution >= 4 is 45.7 Å². The Bertz CT molecular complexity index is 2020. The minimum absolute atomic E-state index is 0.0109. The maximum absolute atomic E-state index is 17.4. The van der Waals surface area contributed by atoms with Crippen LogP contribution in [-0.2, 0) is 9.59 Å². The Hall–Kier alpha value is -4.84. The molecule has 2 aromatic carbocycles. The monoisotopic (exact) mass is 662 g/mol. The number of rotatable bonds is 5. The van der Waals surface area contributed by atoms with E-state index in [-0.39, 0.29) is 70.4 Å². The second-order valence-electron chi connectivity index (χ2n) is 12.3. The van der Waals surface area contributed by atoms with Crippen molar-refractivity contribution < 1.29 is 23.5 Å². The lowest BCUT2D eigenvalue weighted by Gasteiger charge is -2.47. The Balaban J connectivity index is 1.81. The molecule has 0 saturated carbocycles. The van der Waals surface area contributed by atoms with E-state index >= 15 is 8.78 Å². The summed E-state index contributed by atoms with van der Waals surface area (Å²) in [5.74, 6) is -3.78. The summed E-state index contributed by atoms with van der Waals surface area (Å²) in [5.41, 5.74) is -0.500. The molecule has 4 aromatic rings. The lowest BCUT2D eigenvalue weighted by molar-refractivity contribution is -0.128. The number of carbonyl (C=O) groups excluding carboxylic acids is 2. The second kappa shape index (κ2) is 11.8. The number of pyridine rings is 1. The standard InChI is InChI=1S/C34H33ClF2N6O4/c1-7-23(45)41-11-12-42-21(14-41)33(46)40(6)32-30(42)18-13-19(35)24(25-20(36)9-8-10-22(25)44)26(37)29(18)43(34(32)47)31-27(16(2)3)38-15-39-28(31)17(4)5/h7-10,13,15-17,21,44H,1,11-12,14H2,2-6H3/t21-/m1/s1. The van der Waals surface area contributed by atoms with Crippen molar-refractivity contribution in [3.63, 3.8) is 0 Å². The molecule has 1 fully saturated rings. The van der Waals surface area contributed by atoms with Crippen LogP contribution in [-0.4, -0.2) is 69.1 Å². The van der Waals surface area contributed by atoms with E-state index < -0.39 is 46.0 Å². The first-order valence-electron chi connectivity index (χ1n) is 15.2. The summed E-state index contributed by atoms with van der Waals surface area (Å²) in [6, 6.07) is 4.10. The fraction of sp³-hybridized carbons (Fsp3) is 0.324. The SMILES string of the molecule is C=CC(=O)N1CCN2c3c(c(=O)n(-c4c(C(C)C)ncnc4C(C)C)c4c(F)c(-c5c(O)cccc5F)c(Cl)cc34)N(C)C(=O)[C@H]2C1. The molecule has 2 aromatic heterocycles. The van der Waals surface area contributed by atoms with Crippen molar-refractivity contribution in [2.75, 3.05) is 36.5 Å². The number of amides is 2. The van der Waals surface area contributed by atoms with Crippen molar-refractivity contribution in [2.24, 2.45) is 0 Å². The number of nitrogens with zero attached hydrogens (tertiary/aromatic N) is 6. The van der Waals surface area contributed by atoms with Crippen molar-refractivity contribution in [3.8, 4) is 22.6 Å². The molecule has 47 heavy (non-hydrogen) atoms. The quantitative estimate of drug-likeness (QED) is 0.281. The average Bonchev–Trinajstić information content (AvgIpc) is 3.03. The third kappa shape index (κ3) is 4.84. The molecule has 0 spiro atoms. The predicted molar refractivity (Wildman–Crippen MR) is 177 cm³/mol. The van der Waals surface area contributed by atoms with E-state index in [0.717, 1.165) is 10.6 Å². The molecule has 2 aliphatic rings. The van der Waals surface area contributed by atoms with Crippen LogP contribution in [0.3, 0.4) is 0 Å².